The van der Waals surface area contributed by atoms with E-state index in [1.54, 1.807) is 0 Å². The van der Waals surface area contributed by atoms with Gasteiger partial charge in [0.25, 0.3) is 0 Å². The van der Waals surface area contributed by atoms with Crippen LogP contribution >= 0.6 is 0 Å². The van der Waals surface area contributed by atoms with Crippen molar-refractivity contribution in [1.29, 1.82) is 0 Å². The fourth-order valence-corrected chi connectivity index (χ4v) is 3.58. The molecule has 18 heavy (non-hydrogen) atoms. The summed E-state index contributed by atoms with van der Waals surface area (Å²) in [7, 11) is 0. The van der Waals surface area contributed by atoms with Crippen molar-refractivity contribution in [2.24, 2.45) is 17.8 Å². The van der Waals surface area contributed by atoms with Crippen LogP contribution in [-0.4, -0.2) is 10.1 Å². The second kappa shape index (κ2) is 5.40. The van der Waals surface area contributed by atoms with Crippen molar-refractivity contribution in [1.82, 2.24) is 4.98 Å². The molecule has 1 aromatic rings. The van der Waals surface area contributed by atoms with E-state index in [4.69, 9.17) is 0 Å². The molecule has 0 spiro atoms. The second-order valence-corrected chi connectivity index (χ2v) is 6.31. The lowest BCUT2D eigenvalue weighted by Gasteiger charge is -2.34. The summed E-state index contributed by atoms with van der Waals surface area (Å²) >= 11 is 0. The Balaban J connectivity index is 2.17. The molecule has 0 amide bonds. The third kappa shape index (κ3) is 3.11. The molecule has 1 aromatic heterocycles. The molecular weight excluding hydrogens is 222 g/mol. The molecule has 1 aliphatic carbocycles. The van der Waals surface area contributed by atoms with Gasteiger partial charge in [-0.05, 0) is 68.6 Å². The summed E-state index contributed by atoms with van der Waals surface area (Å²) in [5.74, 6) is 1.87. The highest BCUT2D eigenvalue weighted by Crippen LogP contribution is 2.39. The van der Waals surface area contributed by atoms with Crippen LogP contribution in [0.4, 0.5) is 0 Å². The van der Waals surface area contributed by atoms with Crippen LogP contribution < -0.4 is 0 Å². The van der Waals surface area contributed by atoms with Crippen molar-refractivity contribution in [3.8, 4) is 0 Å². The zero-order valence-electron chi connectivity index (χ0n) is 12.0. The summed E-state index contributed by atoms with van der Waals surface area (Å²) in [4.78, 5) is 4.38. The third-order valence-corrected chi connectivity index (χ3v) is 4.11. The highest BCUT2D eigenvalue weighted by molar-refractivity contribution is 5.23. The maximum atomic E-state index is 10.6. The molecule has 0 saturated heterocycles. The number of pyridine rings is 1. The Morgan fingerprint density at radius 3 is 2.06 bits per heavy atom. The van der Waals surface area contributed by atoms with Crippen LogP contribution in [0.2, 0.25) is 0 Å². The van der Waals surface area contributed by atoms with Crippen molar-refractivity contribution < 1.29 is 5.11 Å². The Bertz CT molecular complexity index is 385. The molecule has 0 aromatic carbocycles. The SMILES string of the molecule is Cc1cc(C(O)C2CC(C)CC(C)C2)cc(C)n1. The predicted molar refractivity (Wildman–Crippen MR) is 74.3 cm³/mol. The van der Waals surface area contributed by atoms with Gasteiger partial charge in [0.1, 0.15) is 0 Å². The first kappa shape index (κ1) is 13.5. The Morgan fingerprint density at radius 1 is 1.06 bits per heavy atom. The lowest BCUT2D eigenvalue weighted by atomic mass is 9.73. The molecule has 3 atom stereocenters. The zero-order valence-corrected chi connectivity index (χ0v) is 12.0. The first-order valence-corrected chi connectivity index (χ1v) is 7.09. The molecule has 2 nitrogen and oxygen atoms in total. The van der Waals surface area contributed by atoms with Crippen LogP contribution in [0.25, 0.3) is 0 Å². The summed E-state index contributed by atoms with van der Waals surface area (Å²) in [5, 5.41) is 10.6. The number of aryl methyl sites for hydroxylation is 2. The average Bonchev–Trinajstić information content (AvgIpc) is 2.25. The van der Waals surface area contributed by atoms with Crippen LogP contribution in [0, 0.1) is 31.6 Å². The quantitative estimate of drug-likeness (QED) is 0.862. The van der Waals surface area contributed by atoms with Crippen LogP contribution in [0.3, 0.4) is 0 Å². The average molecular weight is 247 g/mol. The monoisotopic (exact) mass is 247 g/mol. The smallest absolute Gasteiger partial charge is 0.0819 e. The van der Waals surface area contributed by atoms with Gasteiger partial charge in [-0.2, -0.15) is 0 Å². The molecule has 0 radical (unpaired) electrons. The number of aliphatic hydroxyl groups excluding tert-OH is 1. The number of aromatic nitrogens is 1. The molecule has 1 aliphatic rings. The van der Waals surface area contributed by atoms with Crippen molar-refractivity contribution in [2.75, 3.05) is 0 Å². The molecule has 0 bridgehead atoms. The van der Waals surface area contributed by atoms with Gasteiger partial charge in [-0.25, -0.2) is 0 Å². The van der Waals surface area contributed by atoms with Gasteiger partial charge < -0.3 is 5.11 Å². The molecular formula is C16H25NO. The minimum absolute atomic E-state index is 0.324. The number of rotatable bonds is 2. The lowest BCUT2D eigenvalue weighted by molar-refractivity contribution is 0.0550. The summed E-state index contributed by atoms with van der Waals surface area (Å²) in [6.45, 7) is 8.60. The molecule has 0 aliphatic heterocycles. The van der Waals surface area contributed by atoms with E-state index in [1.807, 2.05) is 26.0 Å². The van der Waals surface area contributed by atoms with Gasteiger partial charge in [-0.15, -0.1) is 0 Å². The lowest BCUT2D eigenvalue weighted by Crippen LogP contribution is -2.24. The Hall–Kier alpha value is -0.890. The van der Waals surface area contributed by atoms with Crippen molar-refractivity contribution >= 4 is 0 Å². The normalized spacial score (nSPS) is 30.2. The number of nitrogens with zero attached hydrogens (tertiary/aromatic N) is 1. The predicted octanol–water partition coefficient (Wildman–Crippen LogP) is 3.80. The molecule has 1 fully saturated rings. The van der Waals surface area contributed by atoms with E-state index >= 15 is 0 Å². The maximum Gasteiger partial charge on any atom is 0.0819 e. The van der Waals surface area contributed by atoms with E-state index in [0.717, 1.165) is 41.6 Å². The van der Waals surface area contributed by atoms with Gasteiger partial charge in [-0.1, -0.05) is 13.8 Å². The standard InChI is InChI=1S/C16H25NO/c1-10-5-11(2)7-14(6-10)16(18)15-8-12(3)17-13(4)9-15/h8-11,14,16,18H,5-7H2,1-4H3. The molecule has 3 unspecified atom stereocenters. The molecule has 2 heteroatoms. The fraction of sp³-hybridized carbons (Fsp3) is 0.688. The highest BCUT2D eigenvalue weighted by atomic mass is 16.3. The highest BCUT2D eigenvalue weighted by Gasteiger charge is 2.29. The molecule has 1 heterocycles. The van der Waals surface area contributed by atoms with Crippen molar-refractivity contribution in [3.63, 3.8) is 0 Å². The van der Waals surface area contributed by atoms with Gasteiger partial charge in [0.2, 0.25) is 0 Å². The Labute approximate surface area is 110 Å². The Kier molecular flexibility index (Phi) is 4.06. The molecule has 1 N–H and O–H groups in total. The van der Waals surface area contributed by atoms with E-state index in [9.17, 15) is 5.11 Å². The number of hydrogen-bond donors (Lipinski definition) is 1. The summed E-state index contributed by atoms with van der Waals surface area (Å²) in [5.41, 5.74) is 3.05. The first-order valence-electron chi connectivity index (χ1n) is 7.09. The van der Waals surface area contributed by atoms with Crippen LogP contribution in [-0.2, 0) is 0 Å². The zero-order chi connectivity index (χ0) is 13.3. The number of hydrogen-bond acceptors (Lipinski definition) is 2. The van der Waals surface area contributed by atoms with Crippen molar-refractivity contribution in [3.05, 3.63) is 29.1 Å². The number of aliphatic hydroxyl groups is 1. The van der Waals surface area contributed by atoms with E-state index < -0.39 is 0 Å². The summed E-state index contributed by atoms with van der Waals surface area (Å²) < 4.78 is 0. The Morgan fingerprint density at radius 2 is 1.56 bits per heavy atom. The van der Waals surface area contributed by atoms with E-state index in [-0.39, 0.29) is 6.10 Å². The summed E-state index contributed by atoms with van der Waals surface area (Å²) in [6.07, 6.45) is 3.27. The van der Waals surface area contributed by atoms with Gasteiger partial charge in [0, 0.05) is 11.4 Å². The summed E-state index contributed by atoms with van der Waals surface area (Å²) in [6, 6.07) is 4.06. The molecule has 1 saturated carbocycles. The third-order valence-electron chi connectivity index (χ3n) is 4.11. The molecule has 2 rings (SSSR count). The van der Waals surface area contributed by atoms with Gasteiger partial charge in [0.15, 0.2) is 0 Å². The molecule has 100 valence electrons. The minimum atomic E-state index is -0.324. The maximum absolute atomic E-state index is 10.6. The van der Waals surface area contributed by atoms with Gasteiger partial charge in [0.05, 0.1) is 6.10 Å². The minimum Gasteiger partial charge on any atom is -0.388 e. The van der Waals surface area contributed by atoms with Crippen molar-refractivity contribution in [2.45, 2.75) is 53.1 Å². The van der Waals surface area contributed by atoms with E-state index in [2.05, 4.69) is 18.8 Å². The van der Waals surface area contributed by atoms with E-state index in [1.165, 1.54) is 6.42 Å². The largest absolute Gasteiger partial charge is 0.388 e. The van der Waals surface area contributed by atoms with Crippen LogP contribution in [0.1, 0.15) is 56.2 Å². The second-order valence-electron chi connectivity index (χ2n) is 6.31. The topological polar surface area (TPSA) is 33.1 Å². The van der Waals surface area contributed by atoms with Gasteiger partial charge in [-0.3, -0.25) is 4.98 Å². The van der Waals surface area contributed by atoms with Crippen LogP contribution in [0.15, 0.2) is 12.1 Å². The van der Waals surface area contributed by atoms with E-state index in [0.29, 0.717) is 5.92 Å². The van der Waals surface area contributed by atoms with Crippen LogP contribution in [0.5, 0.6) is 0 Å². The first-order chi connectivity index (χ1) is 8.45. The fourth-order valence-electron chi connectivity index (χ4n) is 3.58. The van der Waals surface area contributed by atoms with Gasteiger partial charge >= 0.3 is 0 Å².